The molecule has 2 N–H and O–H groups in total. The van der Waals surface area contributed by atoms with Crippen molar-refractivity contribution in [1.82, 2.24) is 35.2 Å². The van der Waals surface area contributed by atoms with Gasteiger partial charge in [-0.1, -0.05) is 0 Å². The summed E-state index contributed by atoms with van der Waals surface area (Å²) in [5.74, 6) is -0.126. The lowest BCUT2D eigenvalue weighted by molar-refractivity contribution is -0.121. The first-order chi connectivity index (χ1) is 16.0. The van der Waals surface area contributed by atoms with Gasteiger partial charge < -0.3 is 15.5 Å². The molecule has 1 aliphatic heterocycles. The molecule has 1 saturated heterocycles. The molecule has 12 heteroatoms. The number of nitrogens with zero attached hydrogens (tertiary/aromatic N) is 7. The van der Waals surface area contributed by atoms with Gasteiger partial charge in [-0.2, -0.15) is 10.2 Å². The third kappa shape index (κ3) is 5.86. The molecule has 4 rings (SSSR count). The molecule has 33 heavy (non-hydrogen) atoms. The van der Waals surface area contributed by atoms with E-state index in [0.29, 0.717) is 43.5 Å². The normalized spacial score (nSPS) is 14.2. The predicted molar refractivity (Wildman–Crippen MR) is 119 cm³/mol. The summed E-state index contributed by atoms with van der Waals surface area (Å²) in [6, 6.07) is 6.08. The monoisotopic (exact) mass is 453 g/mol. The van der Waals surface area contributed by atoms with Gasteiger partial charge in [0.15, 0.2) is 0 Å². The number of carbonyl (C=O) groups is 2. The van der Waals surface area contributed by atoms with Gasteiger partial charge in [-0.15, -0.1) is 5.10 Å². The number of carbonyl (C=O) groups excluding carboxylic acids is 2. The first-order valence-corrected chi connectivity index (χ1v) is 10.5. The van der Waals surface area contributed by atoms with Crippen LogP contribution >= 0.6 is 0 Å². The standard InChI is InChI=1S/C21H24FN9O2/c1-23-19(32)14-31-12-17(10-25-31)26-20(33)13-29-6-8-30(9-7-29)21-27-18(11-24-28-21)15-2-4-16(22)5-3-15/h2-5,10-12H,6-9,13-14H2,1H3,(H,23,32)(H,26,33). The van der Waals surface area contributed by atoms with E-state index < -0.39 is 0 Å². The predicted octanol–water partition coefficient (Wildman–Crippen LogP) is 0.381. The van der Waals surface area contributed by atoms with E-state index in [4.69, 9.17) is 0 Å². The Morgan fingerprint density at radius 3 is 2.52 bits per heavy atom. The number of hydrogen-bond acceptors (Lipinski definition) is 8. The van der Waals surface area contributed by atoms with Crippen LogP contribution in [-0.4, -0.2) is 81.4 Å². The Hall–Kier alpha value is -3.93. The summed E-state index contributed by atoms with van der Waals surface area (Å²) in [4.78, 5) is 32.4. The van der Waals surface area contributed by atoms with Gasteiger partial charge in [0.25, 0.3) is 0 Å². The molecule has 172 valence electrons. The minimum atomic E-state index is -0.307. The highest BCUT2D eigenvalue weighted by Crippen LogP contribution is 2.19. The third-order valence-corrected chi connectivity index (χ3v) is 5.21. The van der Waals surface area contributed by atoms with Gasteiger partial charge in [-0.25, -0.2) is 9.37 Å². The molecule has 0 aliphatic carbocycles. The zero-order valence-corrected chi connectivity index (χ0v) is 18.1. The third-order valence-electron chi connectivity index (χ3n) is 5.21. The minimum Gasteiger partial charge on any atom is -0.358 e. The summed E-state index contributed by atoms with van der Waals surface area (Å²) in [5.41, 5.74) is 1.93. The van der Waals surface area contributed by atoms with Gasteiger partial charge in [0, 0.05) is 45.0 Å². The van der Waals surface area contributed by atoms with E-state index in [1.165, 1.54) is 23.0 Å². The number of anilines is 2. The van der Waals surface area contributed by atoms with Crippen LogP contribution in [0.2, 0.25) is 0 Å². The molecule has 0 saturated carbocycles. The van der Waals surface area contributed by atoms with Crippen molar-refractivity contribution in [3.8, 4) is 11.3 Å². The van der Waals surface area contributed by atoms with E-state index in [1.807, 2.05) is 9.80 Å². The Kier molecular flexibility index (Phi) is 6.83. The molecule has 0 radical (unpaired) electrons. The molecule has 3 aromatic rings. The van der Waals surface area contributed by atoms with Crippen LogP contribution in [0.1, 0.15) is 0 Å². The Morgan fingerprint density at radius 1 is 1.03 bits per heavy atom. The van der Waals surface area contributed by atoms with Gasteiger partial charge in [0.05, 0.1) is 30.3 Å². The maximum absolute atomic E-state index is 13.2. The van der Waals surface area contributed by atoms with Crippen LogP contribution in [0.15, 0.2) is 42.9 Å². The van der Waals surface area contributed by atoms with Crippen molar-refractivity contribution in [3.05, 3.63) is 48.7 Å². The number of hydrogen-bond donors (Lipinski definition) is 2. The van der Waals surface area contributed by atoms with Crippen molar-refractivity contribution >= 4 is 23.5 Å². The lowest BCUT2D eigenvalue weighted by Crippen LogP contribution is -2.49. The minimum absolute atomic E-state index is 0.0909. The maximum Gasteiger partial charge on any atom is 0.245 e. The number of benzene rings is 1. The molecule has 0 bridgehead atoms. The van der Waals surface area contributed by atoms with Crippen LogP contribution in [-0.2, 0) is 16.1 Å². The van der Waals surface area contributed by atoms with Crippen molar-refractivity contribution in [2.45, 2.75) is 6.54 Å². The Labute approximate surface area is 189 Å². The van der Waals surface area contributed by atoms with E-state index in [-0.39, 0.29) is 30.7 Å². The summed E-state index contributed by atoms with van der Waals surface area (Å²) in [5, 5.41) is 17.6. The van der Waals surface area contributed by atoms with Gasteiger partial charge in [0.2, 0.25) is 17.8 Å². The molecule has 1 fully saturated rings. The average molecular weight is 453 g/mol. The van der Waals surface area contributed by atoms with Crippen LogP contribution in [0.25, 0.3) is 11.3 Å². The number of amides is 2. The van der Waals surface area contributed by atoms with Crippen LogP contribution < -0.4 is 15.5 Å². The fourth-order valence-corrected chi connectivity index (χ4v) is 3.44. The molecule has 1 aromatic carbocycles. The highest BCUT2D eigenvalue weighted by atomic mass is 19.1. The summed E-state index contributed by atoms with van der Waals surface area (Å²) in [6.45, 7) is 2.94. The number of piperazine rings is 1. The lowest BCUT2D eigenvalue weighted by Gasteiger charge is -2.34. The summed E-state index contributed by atoms with van der Waals surface area (Å²) in [6.07, 6.45) is 4.68. The molecule has 0 spiro atoms. The van der Waals surface area contributed by atoms with Crippen LogP contribution in [0.4, 0.5) is 16.0 Å². The Balaban J connectivity index is 1.28. The van der Waals surface area contributed by atoms with Crippen LogP contribution in [0.3, 0.4) is 0 Å². The van der Waals surface area contributed by atoms with Crippen molar-refractivity contribution < 1.29 is 14.0 Å². The van der Waals surface area contributed by atoms with E-state index in [9.17, 15) is 14.0 Å². The highest BCUT2D eigenvalue weighted by molar-refractivity contribution is 5.92. The maximum atomic E-state index is 13.2. The second kappa shape index (κ2) is 10.1. The number of halogens is 1. The summed E-state index contributed by atoms with van der Waals surface area (Å²) in [7, 11) is 1.55. The fourth-order valence-electron chi connectivity index (χ4n) is 3.44. The number of rotatable bonds is 7. The summed E-state index contributed by atoms with van der Waals surface area (Å²) < 4.78 is 14.6. The molecular formula is C21H24FN9O2. The zero-order chi connectivity index (χ0) is 23.2. The van der Waals surface area contributed by atoms with Gasteiger partial charge >= 0.3 is 0 Å². The van der Waals surface area contributed by atoms with Gasteiger partial charge in [0.1, 0.15) is 12.4 Å². The highest BCUT2D eigenvalue weighted by Gasteiger charge is 2.21. The second-order valence-electron chi connectivity index (χ2n) is 7.56. The second-order valence-corrected chi connectivity index (χ2v) is 7.56. The van der Waals surface area contributed by atoms with E-state index in [2.05, 4.69) is 30.9 Å². The van der Waals surface area contributed by atoms with Crippen LogP contribution in [0, 0.1) is 5.82 Å². The molecule has 1 aliphatic rings. The van der Waals surface area contributed by atoms with Crippen molar-refractivity contribution in [1.29, 1.82) is 0 Å². The smallest absolute Gasteiger partial charge is 0.245 e. The Morgan fingerprint density at radius 2 is 1.79 bits per heavy atom. The molecule has 3 heterocycles. The first-order valence-electron chi connectivity index (χ1n) is 10.5. The van der Waals surface area contributed by atoms with Crippen LogP contribution in [0.5, 0.6) is 0 Å². The average Bonchev–Trinajstić information content (AvgIpc) is 3.26. The quantitative estimate of drug-likeness (QED) is 0.527. The Bertz CT molecular complexity index is 1110. The van der Waals surface area contributed by atoms with Crippen molar-refractivity contribution in [2.75, 3.05) is 50.0 Å². The SMILES string of the molecule is CNC(=O)Cn1cc(NC(=O)CN2CCN(c3nncc(-c4ccc(F)cc4)n3)CC2)cn1. The van der Waals surface area contributed by atoms with Crippen molar-refractivity contribution in [3.63, 3.8) is 0 Å². The first kappa shape index (κ1) is 22.3. The lowest BCUT2D eigenvalue weighted by atomic mass is 10.2. The number of aromatic nitrogens is 5. The molecule has 2 aromatic heterocycles. The van der Waals surface area contributed by atoms with Gasteiger partial charge in [-0.05, 0) is 24.3 Å². The number of likely N-dealkylation sites (N-methyl/N-ethyl adjacent to an activating group) is 1. The molecule has 11 nitrogen and oxygen atoms in total. The van der Waals surface area contributed by atoms with E-state index in [0.717, 1.165) is 5.56 Å². The molecule has 0 unspecified atom stereocenters. The topological polar surface area (TPSA) is 121 Å². The van der Waals surface area contributed by atoms with Crippen molar-refractivity contribution in [2.24, 2.45) is 0 Å². The summed E-state index contributed by atoms with van der Waals surface area (Å²) >= 11 is 0. The zero-order valence-electron chi connectivity index (χ0n) is 18.1. The van der Waals surface area contributed by atoms with E-state index in [1.54, 1.807) is 31.6 Å². The molecule has 2 amide bonds. The molecular weight excluding hydrogens is 429 g/mol. The molecule has 0 atom stereocenters. The number of nitrogens with one attached hydrogen (secondary N) is 2. The largest absolute Gasteiger partial charge is 0.358 e. The fraction of sp³-hybridized carbons (Fsp3) is 0.333. The van der Waals surface area contributed by atoms with E-state index >= 15 is 0 Å². The van der Waals surface area contributed by atoms with Gasteiger partial charge in [-0.3, -0.25) is 19.2 Å².